The van der Waals surface area contributed by atoms with Crippen molar-refractivity contribution in [2.45, 2.75) is 27.7 Å². The van der Waals surface area contributed by atoms with Crippen molar-refractivity contribution in [3.8, 4) is 5.75 Å². The van der Waals surface area contributed by atoms with Crippen LogP contribution in [-0.2, 0) is 0 Å². The van der Waals surface area contributed by atoms with Crippen LogP contribution in [0.15, 0.2) is 47.9 Å². The third-order valence-corrected chi connectivity index (χ3v) is 4.94. The Morgan fingerprint density at radius 1 is 1.22 bits per heavy atom. The zero-order valence-corrected chi connectivity index (χ0v) is 19.5. The molecule has 0 spiro atoms. The second-order valence-corrected chi connectivity index (χ2v) is 8.63. The summed E-state index contributed by atoms with van der Waals surface area (Å²) in [6.45, 7) is 9.20. The Hall–Kier alpha value is -3.68. The van der Waals surface area contributed by atoms with E-state index < -0.39 is 0 Å². The quantitative estimate of drug-likeness (QED) is 0.466. The van der Waals surface area contributed by atoms with E-state index in [9.17, 15) is 0 Å². The van der Waals surface area contributed by atoms with Gasteiger partial charge < -0.3 is 21.1 Å². The minimum atomic E-state index is 0.116. The van der Waals surface area contributed by atoms with Crippen LogP contribution in [0.3, 0.4) is 0 Å². The molecule has 0 atom stereocenters. The first kappa shape index (κ1) is 23.0. The molecule has 1 aromatic carbocycles. The predicted octanol–water partition coefficient (Wildman–Crippen LogP) is 4.63. The van der Waals surface area contributed by atoms with E-state index in [0.29, 0.717) is 11.7 Å². The lowest BCUT2D eigenvalue weighted by Gasteiger charge is -2.19. The summed E-state index contributed by atoms with van der Waals surface area (Å²) in [5.41, 5.74) is 10.0. The van der Waals surface area contributed by atoms with E-state index in [1.165, 1.54) is 0 Å². The maximum absolute atomic E-state index is 5.82. The molecular formula is C24H31N7O. The summed E-state index contributed by atoms with van der Waals surface area (Å²) < 4.78 is 5.60. The molecule has 0 aliphatic rings. The summed E-state index contributed by atoms with van der Waals surface area (Å²) in [5, 5.41) is 7.57. The number of rotatable bonds is 7. The number of aliphatic imine (C=N–C) groups is 1. The third kappa shape index (κ3) is 5.32. The van der Waals surface area contributed by atoms with Crippen molar-refractivity contribution in [3.63, 3.8) is 0 Å². The van der Waals surface area contributed by atoms with Crippen molar-refractivity contribution < 1.29 is 4.74 Å². The molecule has 32 heavy (non-hydrogen) atoms. The highest BCUT2D eigenvalue weighted by molar-refractivity contribution is 6.22. The highest BCUT2D eigenvalue weighted by atomic mass is 16.5. The number of methoxy groups -OCH3 is 1. The number of anilines is 3. The van der Waals surface area contributed by atoms with Crippen molar-refractivity contribution in [1.82, 2.24) is 15.0 Å². The molecular weight excluding hydrogens is 402 g/mol. The van der Waals surface area contributed by atoms with Crippen LogP contribution in [0.1, 0.15) is 33.3 Å². The van der Waals surface area contributed by atoms with Gasteiger partial charge in [0.1, 0.15) is 11.3 Å². The van der Waals surface area contributed by atoms with Gasteiger partial charge in [0, 0.05) is 48.9 Å². The fraction of sp³-hybridized carbons (Fsp3) is 0.333. The fourth-order valence-corrected chi connectivity index (χ4v) is 3.12. The number of benzene rings is 1. The van der Waals surface area contributed by atoms with Crippen molar-refractivity contribution in [2.75, 3.05) is 31.3 Å². The Bertz CT molecular complexity index is 1160. The summed E-state index contributed by atoms with van der Waals surface area (Å²) in [5.74, 6) is 1.83. The first-order valence-corrected chi connectivity index (χ1v) is 10.4. The van der Waals surface area contributed by atoms with Gasteiger partial charge in [0.25, 0.3) is 0 Å². The molecule has 0 aliphatic carbocycles. The molecule has 8 heteroatoms. The molecule has 4 N–H and O–H groups in total. The van der Waals surface area contributed by atoms with Gasteiger partial charge in [-0.15, -0.1) is 0 Å². The molecule has 0 fully saturated rings. The van der Waals surface area contributed by atoms with Gasteiger partial charge in [-0.2, -0.15) is 0 Å². The van der Waals surface area contributed by atoms with E-state index in [1.807, 2.05) is 31.2 Å². The molecule has 2 heterocycles. The molecule has 0 unspecified atom stereocenters. The second-order valence-electron chi connectivity index (χ2n) is 8.63. The first-order valence-electron chi connectivity index (χ1n) is 10.4. The molecule has 2 aromatic heterocycles. The number of nitrogens with one attached hydrogen (secondary N) is 2. The van der Waals surface area contributed by atoms with E-state index >= 15 is 0 Å². The normalized spacial score (nSPS) is 12.7. The van der Waals surface area contributed by atoms with Gasteiger partial charge in [0.05, 0.1) is 12.8 Å². The van der Waals surface area contributed by atoms with Crippen molar-refractivity contribution in [2.24, 2.45) is 16.1 Å². The molecule has 3 rings (SSSR count). The fourth-order valence-electron chi connectivity index (χ4n) is 3.12. The lowest BCUT2D eigenvalue weighted by atomic mass is 9.97. The van der Waals surface area contributed by atoms with E-state index in [2.05, 4.69) is 46.4 Å². The van der Waals surface area contributed by atoms with Crippen LogP contribution < -0.4 is 21.1 Å². The SMILES string of the molecule is CN=C(C)C(=CN)c1ccc(Nc2ncc3ccnc(NCC(C)(C)C)c3n2)c(OC)c1. The average Bonchev–Trinajstić information content (AvgIpc) is 2.78. The Labute approximate surface area is 189 Å². The number of ether oxygens (including phenoxy) is 1. The number of hydrogen-bond donors (Lipinski definition) is 3. The highest BCUT2D eigenvalue weighted by Crippen LogP contribution is 2.31. The highest BCUT2D eigenvalue weighted by Gasteiger charge is 2.14. The predicted molar refractivity (Wildman–Crippen MR) is 133 cm³/mol. The number of hydrogen-bond acceptors (Lipinski definition) is 8. The summed E-state index contributed by atoms with van der Waals surface area (Å²) in [4.78, 5) is 17.9. The third-order valence-electron chi connectivity index (χ3n) is 4.94. The van der Waals surface area contributed by atoms with Crippen LogP contribution in [0.5, 0.6) is 5.75 Å². The van der Waals surface area contributed by atoms with Crippen molar-refractivity contribution in [3.05, 3.63) is 48.4 Å². The summed E-state index contributed by atoms with van der Waals surface area (Å²) in [7, 11) is 3.36. The molecule has 0 aliphatic heterocycles. The Morgan fingerprint density at radius 2 is 2.00 bits per heavy atom. The van der Waals surface area contributed by atoms with Crippen LogP contribution >= 0.6 is 0 Å². The van der Waals surface area contributed by atoms with Crippen LogP contribution in [-0.4, -0.2) is 41.4 Å². The molecule has 0 saturated heterocycles. The van der Waals surface area contributed by atoms with Gasteiger partial charge >= 0.3 is 0 Å². The number of aromatic nitrogens is 3. The largest absolute Gasteiger partial charge is 0.495 e. The minimum absolute atomic E-state index is 0.116. The Morgan fingerprint density at radius 3 is 2.66 bits per heavy atom. The van der Waals surface area contributed by atoms with E-state index in [-0.39, 0.29) is 5.41 Å². The monoisotopic (exact) mass is 433 g/mol. The Balaban J connectivity index is 1.93. The molecule has 0 saturated carbocycles. The molecule has 0 amide bonds. The van der Waals surface area contributed by atoms with Crippen molar-refractivity contribution >= 4 is 39.6 Å². The minimum Gasteiger partial charge on any atom is -0.495 e. The van der Waals surface area contributed by atoms with Gasteiger partial charge in [-0.3, -0.25) is 4.99 Å². The Kier molecular flexibility index (Phi) is 6.92. The van der Waals surface area contributed by atoms with E-state index in [4.69, 9.17) is 15.5 Å². The summed E-state index contributed by atoms with van der Waals surface area (Å²) in [6, 6.07) is 7.68. The lowest BCUT2D eigenvalue weighted by Crippen LogP contribution is -2.19. The number of nitrogens with two attached hydrogens (primary N) is 1. The maximum atomic E-state index is 5.82. The average molecular weight is 434 g/mol. The lowest BCUT2D eigenvalue weighted by molar-refractivity contribution is 0.416. The van der Waals surface area contributed by atoms with Crippen LogP contribution in [0.25, 0.3) is 16.5 Å². The van der Waals surface area contributed by atoms with Gasteiger partial charge in [0.15, 0.2) is 5.82 Å². The molecule has 168 valence electrons. The molecule has 8 nitrogen and oxygen atoms in total. The summed E-state index contributed by atoms with van der Waals surface area (Å²) >= 11 is 0. The van der Waals surface area contributed by atoms with Crippen LogP contribution in [0.2, 0.25) is 0 Å². The zero-order chi connectivity index (χ0) is 23.3. The van der Waals surface area contributed by atoms with Gasteiger partial charge in [-0.1, -0.05) is 26.8 Å². The van der Waals surface area contributed by atoms with Gasteiger partial charge in [-0.25, -0.2) is 15.0 Å². The van der Waals surface area contributed by atoms with Crippen LogP contribution in [0.4, 0.5) is 17.5 Å². The topological polar surface area (TPSA) is 110 Å². The summed E-state index contributed by atoms with van der Waals surface area (Å²) in [6.07, 6.45) is 5.09. The molecule has 3 aromatic rings. The van der Waals surface area contributed by atoms with Crippen LogP contribution in [0, 0.1) is 5.41 Å². The number of fused-ring (bicyclic) bond motifs is 1. The zero-order valence-electron chi connectivity index (χ0n) is 19.5. The first-order chi connectivity index (χ1) is 15.3. The van der Waals surface area contributed by atoms with Gasteiger partial charge in [-0.05, 0) is 36.1 Å². The van der Waals surface area contributed by atoms with E-state index in [1.54, 1.807) is 32.8 Å². The number of allylic oxidation sites excluding steroid dienone is 1. The smallest absolute Gasteiger partial charge is 0.227 e. The maximum Gasteiger partial charge on any atom is 0.227 e. The molecule has 0 bridgehead atoms. The van der Waals surface area contributed by atoms with E-state index in [0.717, 1.165) is 45.8 Å². The number of nitrogens with zero attached hydrogens (tertiary/aromatic N) is 4. The van der Waals surface area contributed by atoms with Gasteiger partial charge in [0.2, 0.25) is 5.95 Å². The second kappa shape index (κ2) is 9.64. The van der Waals surface area contributed by atoms with Crippen molar-refractivity contribution in [1.29, 1.82) is 0 Å². The standard InChI is InChI=1S/C24H31N7O/c1-15(26-5)18(12-25)16-7-8-19(20(11-16)32-6)30-23-28-13-17-9-10-27-22(21(17)31-23)29-14-24(2,3)4/h7-13H,14,25H2,1-6H3,(H,27,29)(H,28,30,31). The molecule has 0 radical (unpaired) electrons. The number of pyridine rings is 1.